The summed E-state index contributed by atoms with van der Waals surface area (Å²) < 4.78 is 24.7. The average Bonchev–Trinajstić information content (AvgIpc) is 3.09. The van der Waals surface area contributed by atoms with Gasteiger partial charge in [0.2, 0.25) is 5.76 Å². The minimum atomic E-state index is -0.817. The van der Waals surface area contributed by atoms with Crippen molar-refractivity contribution < 1.29 is 23.4 Å². The first-order chi connectivity index (χ1) is 16.3. The Morgan fingerprint density at radius 3 is 2.56 bits per heavy atom. The summed E-state index contributed by atoms with van der Waals surface area (Å²) in [7, 11) is 1.41. The van der Waals surface area contributed by atoms with Gasteiger partial charge in [0.05, 0.1) is 24.1 Å². The standard InChI is InChI=1S/C26H19ClFNO5/c1-13-9-20-17(11-18(13)27)24(31)22-23(15-5-8-19(30)21(10-15)33-2)29(26(32)25(22)34-20)12-14-3-6-16(28)7-4-14/h3-11,23,30H,12H2,1-2H3/t23-/m0/s1. The SMILES string of the molecule is COc1cc([C@H]2c3c(oc4cc(C)c(Cl)cc4c3=O)C(=O)N2Cc2ccc(F)cc2)ccc1O. The van der Waals surface area contributed by atoms with Gasteiger partial charge in [-0.25, -0.2) is 4.39 Å². The number of phenolic OH excluding ortho intramolecular Hbond substituents is 1. The number of aromatic hydroxyl groups is 1. The van der Waals surface area contributed by atoms with Gasteiger partial charge in [0.25, 0.3) is 5.91 Å². The molecule has 172 valence electrons. The first kappa shape index (κ1) is 22.0. The molecule has 8 heteroatoms. The highest BCUT2D eigenvalue weighted by Gasteiger charge is 2.43. The molecule has 3 aromatic carbocycles. The number of hydrogen-bond acceptors (Lipinski definition) is 5. The predicted molar refractivity (Wildman–Crippen MR) is 125 cm³/mol. The molecule has 0 fully saturated rings. The number of phenols is 1. The van der Waals surface area contributed by atoms with Gasteiger partial charge < -0.3 is 19.2 Å². The van der Waals surface area contributed by atoms with E-state index in [4.69, 9.17) is 20.8 Å². The van der Waals surface area contributed by atoms with Crippen molar-refractivity contribution in [2.45, 2.75) is 19.5 Å². The molecule has 1 atom stereocenters. The van der Waals surface area contributed by atoms with Crippen molar-refractivity contribution in [2.24, 2.45) is 0 Å². The molecule has 0 spiro atoms. The molecule has 1 N–H and O–H groups in total. The Balaban J connectivity index is 1.74. The Hall–Kier alpha value is -3.84. The summed E-state index contributed by atoms with van der Waals surface area (Å²) in [6, 6.07) is 12.8. The fourth-order valence-corrected chi connectivity index (χ4v) is 4.46. The van der Waals surface area contributed by atoms with Gasteiger partial charge in [-0.15, -0.1) is 0 Å². The molecule has 0 bridgehead atoms. The summed E-state index contributed by atoms with van der Waals surface area (Å²) >= 11 is 6.27. The van der Waals surface area contributed by atoms with E-state index in [9.17, 15) is 19.1 Å². The van der Waals surface area contributed by atoms with Crippen LogP contribution < -0.4 is 10.2 Å². The van der Waals surface area contributed by atoms with Crippen LogP contribution >= 0.6 is 11.6 Å². The zero-order valence-corrected chi connectivity index (χ0v) is 19.0. The van der Waals surface area contributed by atoms with E-state index in [1.807, 2.05) is 0 Å². The summed E-state index contributed by atoms with van der Waals surface area (Å²) in [5.41, 5.74) is 2.01. The molecule has 2 heterocycles. The van der Waals surface area contributed by atoms with Crippen LogP contribution in [0.1, 0.15) is 38.9 Å². The highest BCUT2D eigenvalue weighted by atomic mass is 35.5. The van der Waals surface area contributed by atoms with E-state index >= 15 is 0 Å². The largest absolute Gasteiger partial charge is 0.504 e. The van der Waals surface area contributed by atoms with E-state index in [-0.39, 0.29) is 45.8 Å². The molecule has 1 aromatic heterocycles. The van der Waals surface area contributed by atoms with Crippen LogP contribution in [-0.4, -0.2) is 23.0 Å². The van der Waals surface area contributed by atoms with Crippen LogP contribution in [0.4, 0.5) is 4.39 Å². The third-order valence-corrected chi connectivity index (χ3v) is 6.44. The summed E-state index contributed by atoms with van der Waals surface area (Å²) in [5, 5.41) is 10.7. The van der Waals surface area contributed by atoms with Crippen LogP contribution in [0.3, 0.4) is 0 Å². The zero-order valence-electron chi connectivity index (χ0n) is 18.3. The van der Waals surface area contributed by atoms with Gasteiger partial charge in [0.15, 0.2) is 16.9 Å². The summed E-state index contributed by atoms with van der Waals surface area (Å²) in [6.07, 6.45) is 0. The predicted octanol–water partition coefficient (Wildman–Crippen LogP) is 5.35. The van der Waals surface area contributed by atoms with Crippen molar-refractivity contribution in [3.63, 3.8) is 0 Å². The van der Waals surface area contributed by atoms with E-state index in [1.54, 1.807) is 43.3 Å². The maximum Gasteiger partial charge on any atom is 0.291 e. The second kappa shape index (κ2) is 8.18. The molecule has 0 unspecified atom stereocenters. The maximum absolute atomic E-state index is 13.6. The molecular weight excluding hydrogens is 461 g/mol. The number of amides is 1. The fraction of sp³-hybridized carbons (Fsp3) is 0.154. The lowest BCUT2D eigenvalue weighted by Gasteiger charge is -2.25. The number of methoxy groups -OCH3 is 1. The number of ether oxygens (including phenoxy) is 1. The Bertz CT molecular complexity index is 1510. The quantitative estimate of drug-likeness (QED) is 0.426. The fourth-order valence-electron chi connectivity index (χ4n) is 4.30. The summed E-state index contributed by atoms with van der Waals surface area (Å²) in [4.78, 5) is 28.7. The van der Waals surface area contributed by atoms with Crippen molar-refractivity contribution in [1.82, 2.24) is 4.90 Å². The first-order valence-corrected chi connectivity index (χ1v) is 10.9. The topological polar surface area (TPSA) is 80.0 Å². The van der Waals surface area contributed by atoms with Gasteiger partial charge in [0, 0.05) is 11.6 Å². The number of halogens is 2. The molecular formula is C26H19ClFNO5. The Morgan fingerprint density at radius 2 is 1.85 bits per heavy atom. The van der Waals surface area contributed by atoms with Crippen molar-refractivity contribution in [3.05, 3.63) is 104 Å². The number of aryl methyl sites for hydroxylation is 1. The molecule has 34 heavy (non-hydrogen) atoms. The van der Waals surface area contributed by atoms with Crippen molar-refractivity contribution >= 4 is 28.5 Å². The van der Waals surface area contributed by atoms with Crippen LogP contribution in [0.2, 0.25) is 5.02 Å². The zero-order chi connectivity index (χ0) is 24.1. The molecule has 6 nitrogen and oxygen atoms in total. The lowest BCUT2D eigenvalue weighted by Crippen LogP contribution is -2.29. The highest BCUT2D eigenvalue weighted by molar-refractivity contribution is 6.32. The number of carbonyl (C=O) groups is 1. The number of carbonyl (C=O) groups excluding carboxylic acids is 1. The second-order valence-corrected chi connectivity index (χ2v) is 8.57. The van der Waals surface area contributed by atoms with E-state index in [0.717, 1.165) is 0 Å². The Morgan fingerprint density at radius 1 is 1.12 bits per heavy atom. The molecule has 1 aliphatic heterocycles. The smallest absolute Gasteiger partial charge is 0.291 e. The highest BCUT2D eigenvalue weighted by Crippen LogP contribution is 2.41. The molecule has 4 aromatic rings. The van der Waals surface area contributed by atoms with Gasteiger partial charge in [-0.3, -0.25) is 9.59 Å². The monoisotopic (exact) mass is 479 g/mol. The van der Waals surface area contributed by atoms with Gasteiger partial charge in [-0.05, 0) is 60.0 Å². The average molecular weight is 480 g/mol. The van der Waals surface area contributed by atoms with E-state index in [2.05, 4.69) is 0 Å². The van der Waals surface area contributed by atoms with E-state index in [1.165, 1.54) is 30.2 Å². The van der Waals surface area contributed by atoms with Gasteiger partial charge >= 0.3 is 0 Å². The molecule has 0 saturated carbocycles. The van der Waals surface area contributed by atoms with Crippen molar-refractivity contribution in [1.29, 1.82) is 0 Å². The van der Waals surface area contributed by atoms with Gasteiger partial charge in [-0.1, -0.05) is 29.8 Å². The van der Waals surface area contributed by atoms with Gasteiger partial charge in [0.1, 0.15) is 11.4 Å². The van der Waals surface area contributed by atoms with E-state index < -0.39 is 17.8 Å². The number of fused-ring (bicyclic) bond motifs is 2. The molecule has 1 aliphatic rings. The van der Waals surface area contributed by atoms with Crippen molar-refractivity contribution in [2.75, 3.05) is 7.11 Å². The van der Waals surface area contributed by atoms with Crippen LogP contribution in [0, 0.1) is 12.7 Å². The minimum Gasteiger partial charge on any atom is -0.504 e. The number of benzene rings is 3. The normalized spacial score (nSPS) is 15.1. The minimum absolute atomic E-state index is 0.0571. The molecule has 0 aliphatic carbocycles. The number of nitrogens with zero attached hydrogens (tertiary/aromatic N) is 1. The maximum atomic E-state index is 13.6. The van der Waals surface area contributed by atoms with Crippen molar-refractivity contribution in [3.8, 4) is 11.5 Å². The third kappa shape index (κ3) is 3.49. The molecule has 5 rings (SSSR count). The summed E-state index contributed by atoms with van der Waals surface area (Å²) in [5.74, 6) is -0.797. The summed E-state index contributed by atoms with van der Waals surface area (Å²) in [6.45, 7) is 1.88. The molecule has 1 amide bonds. The lowest BCUT2D eigenvalue weighted by molar-refractivity contribution is 0.0714. The van der Waals surface area contributed by atoms with Crippen LogP contribution in [0.25, 0.3) is 11.0 Å². The van der Waals surface area contributed by atoms with E-state index in [0.29, 0.717) is 21.7 Å². The Kier molecular flexibility index (Phi) is 5.29. The third-order valence-electron chi connectivity index (χ3n) is 6.03. The first-order valence-electron chi connectivity index (χ1n) is 10.5. The lowest BCUT2D eigenvalue weighted by atomic mass is 9.97. The van der Waals surface area contributed by atoms with Crippen LogP contribution in [-0.2, 0) is 6.54 Å². The number of hydrogen-bond donors (Lipinski definition) is 1. The number of rotatable bonds is 4. The van der Waals surface area contributed by atoms with Gasteiger partial charge in [-0.2, -0.15) is 0 Å². The van der Waals surface area contributed by atoms with Crippen LogP contribution in [0.15, 0.2) is 63.8 Å². The van der Waals surface area contributed by atoms with Crippen LogP contribution in [0.5, 0.6) is 11.5 Å². The second-order valence-electron chi connectivity index (χ2n) is 8.16. The molecule has 0 radical (unpaired) electrons. The molecule has 0 saturated heterocycles. The Labute approximate surface area is 198 Å².